The molecule has 11 heavy (non-hydrogen) atoms. The molecule has 0 aromatic rings. The minimum absolute atomic E-state index is 0.801. The monoisotopic (exact) mass is 156 g/mol. The summed E-state index contributed by atoms with van der Waals surface area (Å²) in [7, 11) is 0. The third-order valence-electron chi connectivity index (χ3n) is 2.59. The SMILES string of the molecule is C[C@@H]1CCCCN1CCCN. The third-order valence-corrected chi connectivity index (χ3v) is 2.59. The predicted octanol–water partition coefficient (Wildman–Crippen LogP) is 1.21. The van der Waals surface area contributed by atoms with E-state index in [1.165, 1.54) is 32.4 Å². The van der Waals surface area contributed by atoms with Crippen molar-refractivity contribution in [3.8, 4) is 0 Å². The first-order valence-electron chi connectivity index (χ1n) is 4.78. The standard InChI is InChI=1S/C9H20N2/c1-9-5-2-3-7-11(9)8-4-6-10/h9H,2-8,10H2,1H3/t9-/m1/s1. The van der Waals surface area contributed by atoms with Gasteiger partial charge in [-0.2, -0.15) is 0 Å². The van der Waals surface area contributed by atoms with Crippen LogP contribution < -0.4 is 5.73 Å². The van der Waals surface area contributed by atoms with Crippen LogP contribution in [-0.4, -0.2) is 30.6 Å². The van der Waals surface area contributed by atoms with Crippen LogP contribution in [0.5, 0.6) is 0 Å². The van der Waals surface area contributed by atoms with Crippen molar-refractivity contribution in [3.05, 3.63) is 0 Å². The number of hydrogen-bond acceptors (Lipinski definition) is 2. The van der Waals surface area contributed by atoms with Crippen LogP contribution in [0.4, 0.5) is 0 Å². The van der Waals surface area contributed by atoms with E-state index < -0.39 is 0 Å². The molecule has 2 N–H and O–H groups in total. The maximum absolute atomic E-state index is 5.46. The topological polar surface area (TPSA) is 29.3 Å². The summed E-state index contributed by atoms with van der Waals surface area (Å²) in [6, 6.07) is 0.801. The molecule has 0 aliphatic carbocycles. The van der Waals surface area contributed by atoms with Crippen molar-refractivity contribution >= 4 is 0 Å². The van der Waals surface area contributed by atoms with Gasteiger partial charge in [0.05, 0.1) is 0 Å². The maximum Gasteiger partial charge on any atom is 0.00669 e. The lowest BCUT2D eigenvalue weighted by Gasteiger charge is -2.33. The van der Waals surface area contributed by atoms with E-state index >= 15 is 0 Å². The molecule has 0 saturated carbocycles. The molecular weight excluding hydrogens is 136 g/mol. The molecule has 1 fully saturated rings. The Morgan fingerprint density at radius 3 is 2.91 bits per heavy atom. The lowest BCUT2D eigenvalue weighted by molar-refractivity contribution is 0.160. The van der Waals surface area contributed by atoms with Crippen LogP contribution in [0.2, 0.25) is 0 Å². The normalized spacial score (nSPS) is 27.3. The first-order chi connectivity index (χ1) is 5.34. The Kier molecular flexibility index (Phi) is 3.87. The fourth-order valence-electron chi connectivity index (χ4n) is 1.78. The van der Waals surface area contributed by atoms with Crippen LogP contribution >= 0.6 is 0 Å². The highest BCUT2D eigenvalue weighted by Crippen LogP contribution is 2.15. The van der Waals surface area contributed by atoms with Gasteiger partial charge in [0.15, 0.2) is 0 Å². The molecular formula is C9H20N2. The number of hydrogen-bond donors (Lipinski definition) is 1. The second-order valence-corrected chi connectivity index (χ2v) is 3.52. The van der Waals surface area contributed by atoms with Crippen LogP contribution in [0, 0.1) is 0 Å². The lowest BCUT2D eigenvalue weighted by atomic mass is 10.0. The molecule has 1 aliphatic heterocycles. The molecule has 2 nitrogen and oxygen atoms in total. The van der Waals surface area contributed by atoms with Gasteiger partial charge in [-0.05, 0) is 45.8 Å². The fraction of sp³-hybridized carbons (Fsp3) is 1.00. The van der Waals surface area contributed by atoms with Gasteiger partial charge in [0, 0.05) is 6.04 Å². The van der Waals surface area contributed by atoms with E-state index in [1.54, 1.807) is 0 Å². The average Bonchev–Trinajstić information content (AvgIpc) is 2.03. The van der Waals surface area contributed by atoms with E-state index in [1.807, 2.05) is 0 Å². The van der Waals surface area contributed by atoms with Gasteiger partial charge in [0.1, 0.15) is 0 Å². The summed E-state index contributed by atoms with van der Waals surface area (Å²) in [6.07, 6.45) is 5.34. The van der Waals surface area contributed by atoms with E-state index in [4.69, 9.17) is 5.73 Å². The Bertz CT molecular complexity index is 104. The molecule has 1 heterocycles. The molecule has 1 rings (SSSR count). The van der Waals surface area contributed by atoms with Crippen molar-refractivity contribution in [2.45, 2.75) is 38.6 Å². The van der Waals surface area contributed by atoms with E-state index in [-0.39, 0.29) is 0 Å². The first kappa shape index (κ1) is 9.01. The highest BCUT2D eigenvalue weighted by molar-refractivity contribution is 4.72. The number of nitrogens with zero attached hydrogens (tertiary/aromatic N) is 1. The van der Waals surface area contributed by atoms with Gasteiger partial charge < -0.3 is 10.6 Å². The van der Waals surface area contributed by atoms with Gasteiger partial charge >= 0.3 is 0 Å². The number of likely N-dealkylation sites (tertiary alicyclic amines) is 1. The fourth-order valence-corrected chi connectivity index (χ4v) is 1.78. The highest BCUT2D eigenvalue weighted by Gasteiger charge is 2.16. The second-order valence-electron chi connectivity index (χ2n) is 3.52. The molecule has 2 heteroatoms. The summed E-state index contributed by atoms with van der Waals surface area (Å²) in [5.41, 5.74) is 5.46. The van der Waals surface area contributed by atoms with Crippen LogP contribution in [0.3, 0.4) is 0 Å². The molecule has 1 atom stereocenters. The van der Waals surface area contributed by atoms with Gasteiger partial charge in [0.2, 0.25) is 0 Å². The molecule has 0 unspecified atom stereocenters. The van der Waals surface area contributed by atoms with Gasteiger partial charge in [-0.25, -0.2) is 0 Å². The van der Waals surface area contributed by atoms with Gasteiger partial charge in [-0.3, -0.25) is 0 Å². The Morgan fingerprint density at radius 1 is 1.45 bits per heavy atom. The van der Waals surface area contributed by atoms with Crippen molar-refractivity contribution in [1.29, 1.82) is 0 Å². The lowest BCUT2D eigenvalue weighted by Crippen LogP contribution is -2.38. The highest BCUT2D eigenvalue weighted by atomic mass is 15.2. The summed E-state index contributed by atoms with van der Waals surface area (Å²) in [5.74, 6) is 0. The number of rotatable bonds is 3. The van der Waals surface area contributed by atoms with Crippen molar-refractivity contribution in [2.75, 3.05) is 19.6 Å². The molecule has 0 amide bonds. The predicted molar refractivity (Wildman–Crippen MR) is 48.6 cm³/mol. The van der Waals surface area contributed by atoms with E-state index in [0.717, 1.165) is 19.0 Å². The van der Waals surface area contributed by atoms with Gasteiger partial charge in [-0.1, -0.05) is 6.42 Å². The number of piperidine rings is 1. The Labute approximate surface area is 69.8 Å². The molecule has 1 saturated heterocycles. The van der Waals surface area contributed by atoms with Crippen molar-refractivity contribution in [2.24, 2.45) is 5.73 Å². The maximum atomic E-state index is 5.46. The van der Waals surface area contributed by atoms with Crippen LogP contribution in [0.25, 0.3) is 0 Å². The molecule has 0 aromatic heterocycles. The zero-order valence-electron chi connectivity index (χ0n) is 7.55. The van der Waals surface area contributed by atoms with E-state index in [9.17, 15) is 0 Å². The van der Waals surface area contributed by atoms with Gasteiger partial charge in [-0.15, -0.1) is 0 Å². The van der Waals surface area contributed by atoms with E-state index in [0.29, 0.717) is 0 Å². The second kappa shape index (κ2) is 4.73. The van der Waals surface area contributed by atoms with Crippen molar-refractivity contribution in [3.63, 3.8) is 0 Å². The quantitative estimate of drug-likeness (QED) is 0.665. The Hall–Kier alpha value is -0.0800. The number of nitrogens with two attached hydrogens (primary N) is 1. The average molecular weight is 156 g/mol. The summed E-state index contributed by atoms with van der Waals surface area (Å²) in [4.78, 5) is 2.57. The van der Waals surface area contributed by atoms with Crippen molar-refractivity contribution < 1.29 is 0 Å². The smallest absolute Gasteiger partial charge is 0.00669 e. The summed E-state index contributed by atoms with van der Waals surface area (Å²) >= 11 is 0. The molecule has 0 aromatic carbocycles. The summed E-state index contributed by atoms with van der Waals surface area (Å²) in [5, 5.41) is 0. The molecule has 1 aliphatic rings. The minimum Gasteiger partial charge on any atom is -0.330 e. The molecule has 0 spiro atoms. The van der Waals surface area contributed by atoms with Crippen LogP contribution in [-0.2, 0) is 0 Å². The summed E-state index contributed by atoms with van der Waals surface area (Å²) < 4.78 is 0. The van der Waals surface area contributed by atoms with Gasteiger partial charge in [0.25, 0.3) is 0 Å². The largest absolute Gasteiger partial charge is 0.330 e. The summed E-state index contributed by atoms with van der Waals surface area (Å²) in [6.45, 7) is 5.66. The van der Waals surface area contributed by atoms with Crippen molar-refractivity contribution in [1.82, 2.24) is 4.90 Å². The molecule has 0 radical (unpaired) electrons. The van der Waals surface area contributed by atoms with Crippen LogP contribution in [0.15, 0.2) is 0 Å². The molecule has 0 bridgehead atoms. The minimum atomic E-state index is 0.801. The van der Waals surface area contributed by atoms with Crippen LogP contribution in [0.1, 0.15) is 32.6 Å². The first-order valence-corrected chi connectivity index (χ1v) is 4.78. The zero-order valence-corrected chi connectivity index (χ0v) is 7.55. The Morgan fingerprint density at radius 2 is 2.27 bits per heavy atom. The zero-order chi connectivity index (χ0) is 8.10. The molecule has 66 valence electrons. The third kappa shape index (κ3) is 2.80. The van der Waals surface area contributed by atoms with E-state index in [2.05, 4.69) is 11.8 Å². The Balaban J connectivity index is 2.18.